The van der Waals surface area contributed by atoms with Crippen LogP contribution in [0.5, 0.6) is 0 Å². The highest BCUT2D eigenvalue weighted by Crippen LogP contribution is 2.37. The summed E-state index contributed by atoms with van der Waals surface area (Å²) in [5.74, 6) is 1.11. The summed E-state index contributed by atoms with van der Waals surface area (Å²) in [4.78, 5) is 13.1. The summed E-state index contributed by atoms with van der Waals surface area (Å²) in [6.45, 7) is 7.47. The van der Waals surface area contributed by atoms with E-state index in [0.717, 1.165) is 16.7 Å². The van der Waals surface area contributed by atoms with Crippen molar-refractivity contribution in [3.05, 3.63) is 32.8 Å². The summed E-state index contributed by atoms with van der Waals surface area (Å²) < 4.78 is 0.744. The molecule has 1 aromatic rings. The van der Waals surface area contributed by atoms with Crippen LogP contribution in [0.25, 0.3) is 0 Å². The molecule has 0 N–H and O–H groups in total. The lowest BCUT2D eigenvalue weighted by atomic mass is 9.85. The van der Waals surface area contributed by atoms with Crippen LogP contribution in [0, 0.1) is 22.0 Å². The van der Waals surface area contributed by atoms with Crippen molar-refractivity contribution in [1.29, 1.82) is 0 Å². The van der Waals surface area contributed by atoms with E-state index in [1.807, 2.05) is 12.1 Å². The Bertz CT molecular complexity index is 492. The molecule has 1 aliphatic rings. The number of nitro benzene ring substituents is 1. The largest absolute Gasteiger partial charge is 0.363 e. The normalized spacial score (nSPS) is 27.4. The molecule has 0 radical (unpaired) electrons. The number of piperidine rings is 1. The van der Waals surface area contributed by atoms with Gasteiger partial charge in [0.15, 0.2) is 0 Å². The molecule has 0 spiro atoms. The third-order valence-corrected chi connectivity index (χ3v) is 4.53. The molecule has 4 nitrogen and oxygen atoms in total. The van der Waals surface area contributed by atoms with E-state index < -0.39 is 0 Å². The van der Waals surface area contributed by atoms with E-state index in [-0.39, 0.29) is 10.6 Å². The molecule has 104 valence electrons. The molecule has 0 saturated carbocycles. The van der Waals surface area contributed by atoms with E-state index in [1.165, 1.54) is 6.42 Å². The second kappa shape index (κ2) is 5.49. The first-order valence-electron chi connectivity index (χ1n) is 6.60. The summed E-state index contributed by atoms with van der Waals surface area (Å²) in [5.41, 5.74) is 0.918. The van der Waals surface area contributed by atoms with Crippen LogP contribution >= 0.6 is 15.9 Å². The van der Waals surface area contributed by atoms with E-state index in [0.29, 0.717) is 17.9 Å². The number of benzene rings is 1. The van der Waals surface area contributed by atoms with Gasteiger partial charge >= 0.3 is 0 Å². The second-order valence-electron chi connectivity index (χ2n) is 5.60. The summed E-state index contributed by atoms with van der Waals surface area (Å²) in [6.07, 6.45) is 1.18. The Kier molecular flexibility index (Phi) is 4.13. The van der Waals surface area contributed by atoms with Gasteiger partial charge in [0, 0.05) is 23.1 Å². The lowest BCUT2D eigenvalue weighted by Gasteiger charge is -2.42. The zero-order valence-electron chi connectivity index (χ0n) is 11.5. The Hall–Kier alpha value is -1.10. The zero-order valence-corrected chi connectivity index (χ0v) is 13.1. The molecule has 1 heterocycles. The van der Waals surface area contributed by atoms with Gasteiger partial charge in [0.1, 0.15) is 5.69 Å². The van der Waals surface area contributed by atoms with Crippen molar-refractivity contribution in [3.8, 4) is 0 Å². The highest BCUT2D eigenvalue weighted by atomic mass is 79.9. The molecular weight excluding hydrogens is 308 g/mol. The third kappa shape index (κ3) is 2.91. The first-order chi connectivity index (χ1) is 8.90. The van der Waals surface area contributed by atoms with Gasteiger partial charge < -0.3 is 4.90 Å². The number of nitrogens with zero attached hydrogens (tertiary/aromatic N) is 2. The van der Waals surface area contributed by atoms with Crippen molar-refractivity contribution in [2.45, 2.75) is 33.2 Å². The molecule has 1 saturated heterocycles. The monoisotopic (exact) mass is 326 g/mol. The Morgan fingerprint density at radius 2 is 2.05 bits per heavy atom. The van der Waals surface area contributed by atoms with Crippen LogP contribution in [-0.4, -0.2) is 17.5 Å². The molecule has 1 fully saturated rings. The van der Waals surface area contributed by atoms with Crippen molar-refractivity contribution in [2.24, 2.45) is 11.8 Å². The predicted octanol–water partition coefficient (Wildman–Crippen LogP) is 4.23. The van der Waals surface area contributed by atoms with Gasteiger partial charge in [0.2, 0.25) is 0 Å². The van der Waals surface area contributed by atoms with Crippen molar-refractivity contribution in [1.82, 2.24) is 0 Å². The standard InChI is InChI=1S/C14H19BrN2O2/c1-9-6-10(2)11(3)16(8-9)13-5-4-12(15)7-14(13)17(18)19/h4-5,7,9-11H,6,8H2,1-3H3. The van der Waals surface area contributed by atoms with Crippen molar-refractivity contribution >= 4 is 27.3 Å². The topological polar surface area (TPSA) is 46.4 Å². The molecule has 3 unspecified atom stereocenters. The van der Waals surface area contributed by atoms with Gasteiger partial charge in [0.25, 0.3) is 5.69 Å². The van der Waals surface area contributed by atoms with E-state index >= 15 is 0 Å². The van der Waals surface area contributed by atoms with Gasteiger partial charge in [-0.05, 0) is 37.3 Å². The van der Waals surface area contributed by atoms with Crippen LogP contribution < -0.4 is 4.90 Å². The van der Waals surface area contributed by atoms with Crippen LogP contribution in [0.3, 0.4) is 0 Å². The zero-order chi connectivity index (χ0) is 14.2. The van der Waals surface area contributed by atoms with Crippen molar-refractivity contribution < 1.29 is 4.92 Å². The molecule has 5 heteroatoms. The van der Waals surface area contributed by atoms with E-state index in [9.17, 15) is 10.1 Å². The first-order valence-corrected chi connectivity index (χ1v) is 7.40. The minimum absolute atomic E-state index is 0.183. The molecule has 0 aliphatic carbocycles. The van der Waals surface area contributed by atoms with Gasteiger partial charge in [-0.1, -0.05) is 29.8 Å². The Morgan fingerprint density at radius 1 is 1.37 bits per heavy atom. The highest BCUT2D eigenvalue weighted by Gasteiger charge is 2.32. The van der Waals surface area contributed by atoms with Crippen LogP contribution in [0.15, 0.2) is 22.7 Å². The van der Waals surface area contributed by atoms with E-state index in [1.54, 1.807) is 6.07 Å². The Labute approximate surface area is 122 Å². The average Bonchev–Trinajstić information content (AvgIpc) is 2.34. The van der Waals surface area contributed by atoms with Gasteiger partial charge in [-0.15, -0.1) is 0 Å². The molecule has 3 atom stereocenters. The fourth-order valence-electron chi connectivity index (χ4n) is 2.92. The maximum absolute atomic E-state index is 11.2. The highest BCUT2D eigenvalue weighted by molar-refractivity contribution is 9.10. The number of nitro groups is 1. The van der Waals surface area contributed by atoms with Gasteiger partial charge in [-0.3, -0.25) is 10.1 Å². The molecule has 1 aliphatic heterocycles. The number of hydrogen-bond donors (Lipinski definition) is 0. The SMILES string of the molecule is CC1CC(C)C(C)N(c2ccc(Br)cc2[N+](=O)[O-])C1. The quantitative estimate of drug-likeness (QED) is 0.603. The number of halogens is 1. The van der Waals surface area contributed by atoms with Crippen molar-refractivity contribution in [2.75, 3.05) is 11.4 Å². The molecule has 0 aromatic heterocycles. The van der Waals surface area contributed by atoms with E-state index in [4.69, 9.17) is 0 Å². The lowest BCUT2D eigenvalue weighted by Crippen LogP contribution is -2.46. The van der Waals surface area contributed by atoms with Gasteiger partial charge in [0.05, 0.1) is 4.92 Å². The summed E-state index contributed by atoms with van der Waals surface area (Å²) in [6, 6.07) is 5.64. The smallest absolute Gasteiger partial charge is 0.293 e. The predicted molar refractivity (Wildman–Crippen MR) is 80.5 cm³/mol. The number of rotatable bonds is 2. The number of hydrogen-bond acceptors (Lipinski definition) is 3. The molecule has 2 rings (SSSR count). The minimum atomic E-state index is -0.295. The molecule has 0 bridgehead atoms. The van der Waals surface area contributed by atoms with E-state index in [2.05, 4.69) is 41.6 Å². The minimum Gasteiger partial charge on any atom is -0.363 e. The maximum Gasteiger partial charge on any atom is 0.293 e. The van der Waals surface area contributed by atoms with Crippen LogP contribution in [0.2, 0.25) is 0 Å². The second-order valence-corrected chi connectivity index (χ2v) is 6.52. The van der Waals surface area contributed by atoms with Crippen LogP contribution in [-0.2, 0) is 0 Å². The van der Waals surface area contributed by atoms with Gasteiger partial charge in [-0.2, -0.15) is 0 Å². The molecular formula is C14H19BrN2O2. The first kappa shape index (κ1) is 14.3. The summed E-state index contributed by atoms with van der Waals surface area (Å²) >= 11 is 3.30. The molecule has 0 amide bonds. The fraction of sp³-hybridized carbons (Fsp3) is 0.571. The summed E-state index contributed by atoms with van der Waals surface area (Å²) in [5, 5.41) is 11.2. The van der Waals surface area contributed by atoms with Crippen LogP contribution in [0.4, 0.5) is 11.4 Å². The van der Waals surface area contributed by atoms with Crippen LogP contribution in [0.1, 0.15) is 27.2 Å². The van der Waals surface area contributed by atoms with Crippen molar-refractivity contribution in [3.63, 3.8) is 0 Å². The third-order valence-electron chi connectivity index (χ3n) is 4.04. The molecule has 19 heavy (non-hydrogen) atoms. The lowest BCUT2D eigenvalue weighted by molar-refractivity contribution is -0.384. The Balaban J connectivity index is 2.42. The van der Waals surface area contributed by atoms with Gasteiger partial charge in [-0.25, -0.2) is 0 Å². The fourth-order valence-corrected chi connectivity index (χ4v) is 3.27. The Morgan fingerprint density at radius 3 is 2.68 bits per heavy atom. The summed E-state index contributed by atoms with van der Waals surface area (Å²) in [7, 11) is 0. The average molecular weight is 327 g/mol. The maximum atomic E-state index is 11.2. The molecule has 1 aromatic carbocycles. The number of anilines is 1.